The molecule has 2 bridgehead atoms. The van der Waals surface area contributed by atoms with E-state index in [1.165, 1.54) is 22.4 Å². The molecule has 0 radical (unpaired) electrons. The van der Waals surface area contributed by atoms with Crippen LogP contribution in [0.4, 0.5) is 5.69 Å². The molecule has 5 nitrogen and oxygen atoms in total. The van der Waals surface area contributed by atoms with Gasteiger partial charge in [0.05, 0.1) is 17.1 Å². The number of hydrogen-bond acceptors (Lipinski definition) is 5. The Morgan fingerprint density at radius 2 is 1.76 bits per heavy atom. The minimum absolute atomic E-state index is 0.0610. The lowest BCUT2D eigenvalue weighted by atomic mass is 9.48. The summed E-state index contributed by atoms with van der Waals surface area (Å²) in [5.74, 6) is 0.854. The topological polar surface area (TPSA) is 56.2 Å². The second-order valence-electron chi connectivity index (χ2n) is 11.8. The van der Waals surface area contributed by atoms with Gasteiger partial charge in [-0.05, 0) is 73.9 Å². The number of anilines is 1. The highest BCUT2D eigenvalue weighted by molar-refractivity contribution is 5.65. The van der Waals surface area contributed by atoms with Gasteiger partial charge in [0.1, 0.15) is 6.10 Å². The van der Waals surface area contributed by atoms with E-state index in [-0.39, 0.29) is 23.9 Å². The summed E-state index contributed by atoms with van der Waals surface area (Å²) in [6, 6.07) is 23.5. The third-order valence-corrected chi connectivity index (χ3v) is 10.4. The summed E-state index contributed by atoms with van der Waals surface area (Å²) < 4.78 is 6.81. The lowest BCUT2D eigenvalue weighted by molar-refractivity contribution is -0.188. The van der Waals surface area contributed by atoms with Crippen LogP contribution in [0.2, 0.25) is 0 Å². The molecule has 5 atom stereocenters. The summed E-state index contributed by atoms with van der Waals surface area (Å²) in [6.07, 6.45) is 5.19. The molecule has 2 aliphatic carbocycles. The van der Waals surface area contributed by atoms with Crippen molar-refractivity contribution in [2.24, 2.45) is 0 Å². The number of phenolic OH excluding ortho intramolecular Hbond substituents is 1. The van der Waals surface area contributed by atoms with E-state index in [2.05, 4.69) is 70.5 Å². The number of aromatic hydroxyl groups is 1. The summed E-state index contributed by atoms with van der Waals surface area (Å²) in [4.78, 5) is 5.09. The standard InChI is InChI=1S/C32H34N2O3/c35-26-11-10-23-20-27-32(36)15-12-25(34-18-14-22-8-4-5-9-24(22)34)30-31(32,28(23)29(26)37-30)16-19-33(27)17-13-21-6-2-1-3-7-21/h1-11,25,27,30,35-36H,12-20H2/t25-,27-,30+,31+,32-/m1/s1. The Labute approximate surface area is 218 Å². The van der Waals surface area contributed by atoms with E-state index in [0.29, 0.717) is 5.75 Å². The molecule has 0 unspecified atom stereocenters. The first-order chi connectivity index (χ1) is 18.1. The molecule has 1 saturated carbocycles. The first-order valence-electron chi connectivity index (χ1n) is 14.0. The maximum absolute atomic E-state index is 12.8. The number of phenols is 1. The Hall–Kier alpha value is -3.02. The Morgan fingerprint density at radius 1 is 0.919 bits per heavy atom. The highest BCUT2D eigenvalue weighted by Crippen LogP contribution is 2.66. The van der Waals surface area contributed by atoms with Crippen LogP contribution in [-0.4, -0.2) is 58.5 Å². The fraction of sp³-hybridized carbons (Fsp3) is 0.438. The average molecular weight is 495 g/mol. The summed E-state index contributed by atoms with van der Waals surface area (Å²) in [7, 11) is 0. The van der Waals surface area contributed by atoms with Gasteiger partial charge in [-0.25, -0.2) is 0 Å². The Morgan fingerprint density at radius 3 is 2.65 bits per heavy atom. The molecule has 8 rings (SSSR count). The minimum Gasteiger partial charge on any atom is -0.504 e. The monoisotopic (exact) mass is 494 g/mol. The number of ether oxygens (including phenoxy) is 1. The third-order valence-electron chi connectivity index (χ3n) is 10.4. The van der Waals surface area contributed by atoms with Gasteiger partial charge in [0.15, 0.2) is 11.5 Å². The molecule has 2 N–H and O–H groups in total. The molecule has 5 heteroatoms. The molecule has 5 aliphatic rings. The Balaban J connectivity index is 1.21. The number of piperidine rings is 1. The Bertz CT molecular complexity index is 1380. The first-order valence-corrected chi connectivity index (χ1v) is 14.0. The van der Waals surface area contributed by atoms with E-state index < -0.39 is 11.0 Å². The van der Waals surface area contributed by atoms with Crippen LogP contribution in [0, 0.1) is 0 Å². The van der Waals surface area contributed by atoms with Crippen molar-refractivity contribution in [1.29, 1.82) is 0 Å². The molecule has 3 aromatic rings. The van der Waals surface area contributed by atoms with Gasteiger partial charge in [-0.15, -0.1) is 0 Å². The summed E-state index contributed by atoms with van der Waals surface area (Å²) >= 11 is 0. The second-order valence-corrected chi connectivity index (χ2v) is 11.8. The number of rotatable bonds is 4. The zero-order valence-electron chi connectivity index (χ0n) is 21.1. The lowest BCUT2D eigenvalue weighted by Crippen LogP contribution is -2.78. The zero-order chi connectivity index (χ0) is 24.8. The molecule has 37 heavy (non-hydrogen) atoms. The van der Waals surface area contributed by atoms with Crippen molar-refractivity contribution < 1.29 is 14.9 Å². The molecule has 0 amide bonds. The highest BCUT2D eigenvalue weighted by atomic mass is 16.5. The van der Waals surface area contributed by atoms with Gasteiger partial charge in [-0.3, -0.25) is 4.90 Å². The fourth-order valence-electron chi connectivity index (χ4n) is 8.82. The van der Waals surface area contributed by atoms with Crippen LogP contribution in [0.5, 0.6) is 11.5 Å². The normalized spacial score (nSPS) is 33.1. The van der Waals surface area contributed by atoms with Gasteiger partial charge in [0.2, 0.25) is 0 Å². The quantitative estimate of drug-likeness (QED) is 0.569. The molecule has 3 heterocycles. The molecule has 1 spiro atoms. The summed E-state index contributed by atoms with van der Waals surface area (Å²) in [6.45, 7) is 2.87. The van der Waals surface area contributed by atoms with Gasteiger partial charge in [0, 0.05) is 30.4 Å². The second kappa shape index (κ2) is 7.75. The third kappa shape index (κ3) is 2.82. The van der Waals surface area contributed by atoms with Crippen LogP contribution < -0.4 is 9.64 Å². The van der Waals surface area contributed by atoms with Crippen LogP contribution in [0.15, 0.2) is 66.7 Å². The van der Waals surface area contributed by atoms with Crippen LogP contribution in [0.25, 0.3) is 0 Å². The van der Waals surface area contributed by atoms with Crippen LogP contribution in [0.3, 0.4) is 0 Å². The number of hydrogen-bond donors (Lipinski definition) is 2. The minimum atomic E-state index is -0.867. The van der Waals surface area contributed by atoms with Crippen molar-refractivity contribution in [3.05, 3.63) is 89.0 Å². The molecule has 1 saturated heterocycles. The summed E-state index contributed by atoms with van der Waals surface area (Å²) in [5.41, 5.74) is 5.06. The van der Waals surface area contributed by atoms with Crippen LogP contribution >= 0.6 is 0 Å². The molecule has 2 fully saturated rings. The van der Waals surface area contributed by atoms with Crippen molar-refractivity contribution in [3.63, 3.8) is 0 Å². The van der Waals surface area contributed by atoms with Crippen molar-refractivity contribution >= 4 is 5.69 Å². The number of nitrogens with zero attached hydrogens (tertiary/aromatic N) is 2. The maximum Gasteiger partial charge on any atom is 0.165 e. The molecular formula is C32H34N2O3. The molecule has 3 aromatic carbocycles. The van der Waals surface area contributed by atoms with E-state index in [0.717, 1.165) is 63.7 Å². The van der Waals surface area contributed by atoms with E-state index in [1.54, 1.807) is 6.07 Å². The molecule has 190 valence electrons. The molecule has 0 aromatic heterocycles. The average Bonchev–Trinajstić information content (AvgIpc) is 3.50. The van der Waals surface area contributed by atoms with Crippen molar-refractivity contribution in [2.45, 2.75) is 67.7 Å². The largest absolute Gasteiger partial charge is 0.504 e. The number of likely N-dealkylation sites (tertiary alicyclic amines) is 1. The first kappa shape index (κ1) is 22.0. The zero-order valence-corrected chi connectivity index (χ0v) is 21.1. The van der Waals surface area contributed by atoms with E-state index in [9.17, 15) is 10.2 Å². The van der Waals surface area contributed by atoms with E-state index in [4.69, 9.17) is 4.74 Å². The number of fused-ring (bicyclic) bond motifs is 1. The van der Waals surface area contributed by atoms with Crippen molar-refractivity contribution in [2.75, 3.05) is 24.5 Å². The van der Waals surface area contributed by atoms with Gasteiger partial charge in [-0.2, -0.15) is 0 Å². The van der Waals surface area contributed by atoms with Crippen LogP contribution in [-0.2, 0) is 24.7 Å². The van der Waals surface area contributed by atoms with Gasteiger partial charge in [0.25, 0.3) is 0 Å². The van der Waals surface area contributed by atoms with Crippen LogP contribution in [0.1, 0.15) is 41.5 Å². The maximum atomic E-state index is 12.8. The molecular weight excluding hydrogens is 460 g/mol. The fourth-order valence-corrected chi connectivity index (χ4v) is 8.82. The van der Waals surface area contributed by atoms with Gasteiger partial charge >= 0.3 is 0 Å². The number of aliphatic hydroxyl groups is 1. The van der Waals surface area contributed by atoms with Crippen molar-refractivity contribution in [1.82, 2.24) is 4.90 Å². The van der Waals surface area contributed by atoms with Crippen molar-refractivity contribution in [3.8, 4) is 11.5 Å². The smallest absolute Gasteiger partial charge is 0.165 e. The molecule has 3 aliphatic heterocycles. The highest BCUT2D eigenvalue weighted by Gasteiger charge is 2.73. The van der Waals surface area contributed by atoms with Gasteiger partial charge < -0.3 is 19.8 Å². The SMILES string of the molecule is Oc1ccc2c3c1O[C@H]1[C@H](N4CCc5ccccc54)CC[C@@]4(O)[C@@H](C2)N(CCc2ccccc2)CC[C@]314. The van der Waals surface area contributed by atoms with E-state index >= 15 is 0 Å². The Kier molecular flexibility index (Phi) is 4.61. The van der Waals surface area contributed by atoms with E-state index in [1.807, 2.05) is 0 Å². The lowest BCUT2D eigenvalue weighted by Gasteiger charge is -2.65. The summed E-state index contributed by atoms with van der Waals surface area (Å²) in [5, 5.41) is 23.7. The number of benzene rings is 3. The predicted molar refractivity (Wildman–Crippen MR) is 143 cm³/mol. The van der Waals surface area contributed by atoms with Gasteiger partial charge in [-0.1, -0.05) is 54.6 Å². The predicted octanol–water partition coefficient (Wildman–Crippen LogP) is 4.22. The number of para-hydroxylation sites is 1.